The van der Waals surface area contributed by atoms with Crippen LogP contribution in [0.1, 0.15) is 10.4 Å². The molecule has 1 amide bonds. The third-order valence-electron chi connectivity index (χ3n) is 3.17. The Hall–Kier alpha value is -3.29. The van der Waals surface area contributed by atoms with Crippen molar-refractivity contribution in [2.75, 3.05) is 12.4 Å². The molecule has 8 heteroatoms. The highest BCUT2D eigenvalue weighted by atomic mass is 19.1. The molecule has 3 aromatic rings. The average molecular weight is 331 g/mol. The molecule has 0 saturated carbocycles. The fraction of sp³-hybridized carbons (Fsp3) is 0.0625. The van der Waals surface area contributed by atoms with E-state index in [0.717, 1.165) is 18.2 Å². The lowest BCUT2D eigenvalue weighted by molar-refractivity contribution is 0.101. The van der Waals surface area contributed by atoms with E-state index in [4.69, 9.17) is 9.15 Å². The van der Waals surface area contributed by atoms with E-state index >= 15 is 0 Å². The normalized spacial score (nSPS) is 10.5. The smallest absolute Gasteiger partial charge is 0.322 e. The van der Waals surface area contributed by atoms with Crippen LogP contribution < -0.4 is 10.1 Å². The molecule has 6 nitrogen and oxygen atoms in total. The number of halogens is 2. The van der Waals surface area contributed by atoms with Crippen LogP contribution in [0.25, 0.3) is 11.5 Å². The number of aromatic nitrogens is 2. The van der Waals surface area contributed by atoms with Gasteiger partial charge in [0.1, 0.15) is 22.9 Å². The molecule has 24 heavy (non-hydrogen) atoms. The van der Waals surface area contributed by atoms with Gasteiger partial charge in [0.2, 0.25) is 0 Å². The minimum Gasteiger partial charge on any atom is -0.496 e. The molecule has 3 rings (SSSR count). The van der Waals surface area contributed by atoms with Crippen LogP contribution in [-0.4, -0.2) is 23.2 Å². The SMILES string of the molecule is COc1ccccc1-c1nnc(NC(=O)c2c(F)cccc2F)o1. The van der Waals surface area contributed by atoms with Gasteiger partial charge in [-0.2, -0.15) is 0 Å². The van der Waals surface area contributed by atoms with Gasteiger partial charge in [-0.25, -0.2) is 8.78 Å². The molecule has 1 N–H and O–H groups in total. The lowest BCUT2D eigenvalue weighted by atomic mass is 10.2. The van der Waals surface area contributed by atoms with Gasteiger partial charge in [0.15, 0.2) is 0 Å². The van der Waals surface area contributed by atoms with Crippen molar-refractivity contribution in [1.29, 1.82) is 0 Å². The van der Waals surface area contributed by atoms with E-state index in [1.54, 1.807) is 24.3 Å². The second kappa shape index (κ2) is 6.45. The van der Waals surface area contributed by atoms with Crippen molar-refractivity contribution in [3.8, 4) is 17.2 Å². The van der Waals surface area contributed by atoms with E-state index < -0.39 is 23.1 Å². The number of anilines is 1. The zero-order valence-electron chi connectivity index (χ0n) is 12.4. The molecule has 1 aromatic heterocycles. The second-order valence-corrected chi connectivity index (χ2v) is 4.66. The number of methoxy groups -OCH3 is 1. The molecule has 2 aromatic carbocycles. The Morgan fingerprint density at radius 1 is 1.08 bits per heavy atom. The number of nitrogens with one attached hydrogen (secondary N) is 1. The molecule has 0 fully saturated rings. The van der Waals surface area contributed by atoms with Crippen molar-refractivity contribution in [1.82, 2.24) is 10.2 Å². The predicted octanol–water partition coefficient (Wildman–Crippen LogP) is 3.28. The van der Waals surface area contributed by atoms with Crippen LogP contribution in [0.15, 0.2) is 46.9 Å². The molecule has 0 bridgehead atoms. The van der Waals surface area contributed by atoms with Gasteiger partial charge in [0.05, 0.1) is 12.7 Å². The quantitative estimate of drug-likeness (QED) is 0.794. The van der Waals surface area contributed by atoms with Gasteiger partial charge < -0.3 is 9.15 Å². The maximum atomic E-state index is 13.6. The molecule has 0 radical (unpaired) electrons. The Morgan fingerprint density at radius 2 is 1.79 bits per heavy atom. The molecule has 0 aliphatic carbocycles. The minimum atomic E-state index is -1.03. The molecule has 0 saturated heterocycles. The third-order valence-corrected chi connectivity index (χ3v) is 3.17. The number of benzene rings is 2. The van der Waals surface area contributed by atoms with Gasteiger partial charge in [-0.3, -0.25) is 10.1 Å². The zero-order chi connectivity index (χ0) is 17.1. The summed E-state index contributed by atoms with van der Waals surface area (Å²) in [4.78, 5) is 12.0. The van der Waals surface area contributed by atoms with Crippen LogP contribution in [-0.2, 0) is 0 Å². The topological polar surface area (TPSA) is 77.3 Å². The predicted molar refractivity (Wildman–Crippen MR) is 80.6 cm³/mol. The Kier molecular flexibility index (Phi) is 4.19. The summed E-state index contributed by atoms with van der Waals surface area (Å²) >= 11 is 0. The van der Waals surface area contributed by atoms with Gasteiger partial charge >= 0.3 is 6.01 Å². The van der Waals surface area contributed by atoms with Crippen molar-refractivity contribution >= 4 is 11.9 Å². The average Bonchev–Trinajstić information content (AvgIpc) is 3.03. The first-order chi connectivity index (χ1) is 11.6. The number of ether oxygens (including phenoxy) is 1. The number of hydrogen-bond acceptors (Lipinski definition) is 5. The highest BCUT2D eigenvalue weighted by Crippen LogP contribution is 2.29. The minimum absolute atomic E-state index is 0.0942. The Labute approximate surface area is 135 Å². The Morgan fingerprint density at radius 3 is 2.50 bits per heavy atom. The van der Waals surface area contributed by atoms with Gasteiger partial charge in [-0.05, 0) is 24.3 Å². The highest BCUT2D eigenvalue weighted by Gasteiger charge is 2.20. The van der Waals surface area contributed by atoms with Gasteiger partial charge in [0, 0.05) is 0 Å². The van der Waals surface area contributed by atoms with E-state index in [2.05, 4.69) is 15.5 Å². The van der Waals surface area contributed by atoms with E-state index in [1.165, 1.54) is 7.11 Å². The van der Waals surface area contributed by atoms with Crippen molar-refractivity contribution in [3.63, 3.8) is 0 Å². The first-order valence-corrected chi connectivity index (χ1v) is 6.82. The van der Waals surface area contributed by atoms with Crippen LogP contribution in [0, 0.1) is 11.6 Å². The van der Waals surface area contributed by atoms with Crippen molar-refractivity contribution in [3.05, 3.63) is 59.7 Å². The number of para-hydroxylation sites is 1. The summed E-state index contributed by atoms with van der Waals surface area (Å²) in [6.07, 6.45) is 0. The number of rotatable bonds is 4. The van der Waals surface area contributed by atoms with Crippen molar-refractivity contribution < 1.29 is 22.7 Å². The molecule has 0 spiro atoms. The summed E-state index contributed by atoms with van der Waals surface area (Å²) in [5.41, 5.74) is -0.209. The molecule has 0 unspecified atom stereocenters. The molecule has 0 aliphatic rings. The summed E-state index contributed by atoms with van der Waals surface area (Å²) in [6, 6.07) is 9.73. The maximum absolute atomic E-state index is 13.6. The number of nitrogens with zero attached hydrogens (tertiary/aromatic N) is 2. The standard InChI is InChI=1S/C16H11F2N3O3/c1-23-12-8-3-2-5-9(12)15-20-21-16(24-15)19-14(22)13-10(17)6-4-7-11(13)18/h2-8H,1H3,(H,19,21,22). The van der Waals surface area contributed by atoms with Crippen molar-refractivity contribution in [2.24, 2.45) is 0 Å². The molecule has 0 atom stereocenters. The van der Waals surface area contributed by atoms with E-state index in [9.17, 15) is 13.6 Å². The summed E-state index contributed by atoms with van der Waals surface area (Å²) in [6.45, 7) is 0. The highest BCUT2D eigenvalue weighted by molar-refractivity contribution is 6.03. The van der Waals surface area contributed by atoms with Crippen LogP contribution in [0.4, 0.5) is 14.8 Å². The van der Waals surface area contributed by atoms with Gasteiger partial charge in [-0.1, -0.05) is 23.3 Å². The molecule has 0 aliphatic heterocycles. The Balaban J connectivity index is 1.85. The number of hydrogen-bond donors (Lipinski definition) is 1. The molecule has 122 valence electrons. The summed E-state index contributed by atoms with van der Waals surface area (Å²) in [5.74, 6) is -2.41. The zero-order valence-corrected chi connectivity index (χ0v) is 12.4. The van der Waals surface area contributed by atoms with Crippen LogP contribution >= 0.6 is 0 Å². The fourth-order valence-electron chi connectivity index (χ4n) is 2.08. The van der Waals surface area contributed by atoms with E-state index in [0.29, 0.717) is 11.3 Å². The lowest BCUT2D eigenvalue weighted by Gasteiger charge is -2.04. The summed E-state index contributed by atoms with van der Waals surface area (Å²) < 4.78 is 37.7. The molecule has 1 heterocycles. The maximum Gasteiger partial charge on any atom is 0.322 e. The first kappa shape index (κ1) is 15.6. The second-order valence-electron chi connectivity index (χ2n) is 4.66. The van der Waals surface area contributed by atoms with Crippen LogP contribution in [0.2, 0.25) is 0 Å². The number of carbonyl (C=O) groups excluding carboxylic acids is 1. The summed E-state index contributed by atoms with van der Waals surface area (Å²) in [5, 5.41) is 9.60. The van der Waals surface area contributed by atoms with Crippen molar-refractivity contribution in [2.45, 2.75) is 0 Å². The third kappa shape index (κ3) is 2.94. The van der Waals surface area contributed by atoms with Gasteiger partial charge in [0.25, 0.3) is 11.8 Å². The van der Waals surface area contributed by atoms with Crippen LogP contribution in [0.5, 0.6) is 5.75 Å². The van der Waals surface area contributed by atoms with Gasteiger partial charge in [-0.15, -0.1) is 5.10 Å². The Bertz CT molecular complexity index is 876. The monoisotopic (exact) mass is 331 g/mol. The van der Waals surface area contributed by atoms with E-state index in [-0.39, 0.29) is 11.9 Å². The van der Waals surface area contributed by atoms with E-state index in [1.807, 2.05) is 0 Å². The summed E-state index contributed by atoms with van der Waals surface area (Å²) in [7, 11) is 1.48. The molecular weight excluding hydrogens is 320 g/mol. The largest absolute Gasteiger partial charge is 0.496 e. The number of carbonyl (C=O) groups is 1. The number of amides is 1. The molecular formula is C16H11F2N3O3. The van der Waals surface area contributed by atoms with Crippen LogP contribution in [0.3, 0.4) is 0 Å². The first-order valence-electron chi connectivity index (χ1n) is 6.82. The lowest BCUT2D eigenvalue weighted by Crippen LogP contribution is -2.16. The fourth-order valence-corrected chi connectivity index (χ4v) is 2.08.